The van der Waals surface area contributed by atoms with Crippen LogP contribution in [0.2, 0.25) is 0 Å². The molecule has 196 valence electrons. The zero-order chi connectivity index (χ0) is 26.2. The first-order valence-corrected chi connectivity index (χ1v) is 14.3. The van der Waals surface area contributed by atoms with Crippen LogP contribution in [0.15, 0.2) is 56.4 Å². The van der Waals surface area contributed by atoms with Crippen LogP contribution in [0.25, 0.3) is 0 Å². The van der Waals surface area contributed by atoms with E-state index in [-0.39, 0.29) is 11.9 Å². The fraction of sp³-hybridized carbons (Fsp3) is 0.444. The van der Waals surface area contributed by atoms with Gasteiger partial charge < -0.3 is 25.6 Å². The standard InChI is InChI=1S/C27H32Br2N6O2/c28-22-15-19(16-23(29)25(22)31)17-24(33-27(32-18-30)37-21-7-3-1-4-8-21)26(36)35-13-9-20(10-14-35)34-11-5-2-6-12-34/h1,3-4,7-8,15-16,20,24H,2,5-6,9-14,17,31H2,(H,32,33)/t24-/m1/s1. The Morgan fingerprint density at radius 1 is 1.11 bits per heavy atom. The average Bonchev–Trinajstić information content (AvgIpc) is 2.92. The van der Waals surface area contributed by atoms with Gasteiger partial charge >= 0.3 is 6.02 Å². The molecule has 2 heterocycles. The summed E-state index contributed by atoms with van der Waals surface area (Å²) in [4.78, 5) is 22.2. The van der Waals surface area contributed by atoms with Gasteiger partial charge in [-0.25, -0.2) is 0 Å². The van der Waals surface area contributed by atoms with E-state index in [2.05, 4.69) is 47.1 Å². The lowest BCUT2D eigenvalue weighted by Crippen LogP contribution is -2.54. The third kappa shape index (κ3) is 7.46. The second-order valence-corrected chi connectivity index (χ2v) is 11.2. The normalized spacial score (nSPS) is 18.2. The molecular weight excluding hydrogens is 600 g/mol. The highest BCUT2D eigenvalue weighted by molar-refractivity contribution is 9.11. The maximum Gasteiger partial charge on any atom is 0.306 e. The van der Waals surface area contributed by atoms with Gasteiger partial charge in [-0.1, -0.05) is 24.6 Å². The highest BCUT2D eigenvalue weighted by Gasteiger charge is 2.32. The van der Waals surface area contributed by atoms with Gasteiger partial charge in [0.05, 0.1) is 5.69 Å². The second-order valence-electron chi connectivity index (χ2n) is 9.46. The van der Waals surface area contributed by atoms with Crippen molar-refractivity contribution in [1.82, 2.24) is 15.1 Å². The molecule has 0 aliphatic carbocycles. The summed E-state index contributed by atoms with van der Waals surface area (Å²) < 4.78 is 7.32. The van der Waals surface area contributed by atoms with Gasteiger partial charge in [-0.2, -0.15) is 5.26 Å². The van der Waals surface area contributed by atoms with Crippen LogP contribution in [0, 0.1) is 11.5 Å². The molecule has 0 saturated carbocycles. The summed E-state index contributed by atoms with van der Waals surface area (Å²) in [7, 11) is 0. The predicted molar refractivity (Wildman–Crippen MR) is 152 cm³/mol. The van der Waals surface area contributed by atoms with E-state index >= 15 is 0 Å². The lowest BCUT2D eigenvalue weighted by molar-refractivity contribution is -0.134. The number of hydrogen-bond acceptors (Lipinski definition) is 6. The highest BCUT2D eigenvalue weighted by Crippen LogP contribution is 2.30. The maximum atomic E-state index is 13.8. The van der Waals surface area contributed by atoms with Crippen LogP contribution in [-0.4, -0.2) is 60.0 Å². The van der Waals surface area contributed by atoms with E-state index in [4.69, 9.17) is 10.5 Å². The molecule has 10 heteroatoms. The molecule has 2 saturated heterocycles. The fourth-order valence-electron chi connectivity index (χ4n) is 5.02. The predicted octanol–water partition coefficient (Wildman–Crippen LogP) is 4.69. The minimum Gasteiger partial charge on any atom is -0.425 e. The Hall–Kier alpha value is -2.61. The van der Waals surface area contributed by atoms with Gasteiger partial charge in [0, 0.05) is 34.5 Å². The molecule has 2 fully saturated rings. The Balaban J connectivity index is 1.51. The van der Waals surface area contributed by atoms with E-state index in [0.717, 1.165) is 40.4 Å². The Labute approximate surface area is 235 Å². The highest BCUT2D eigenvalue weighted by atomic mass is 79.9. The third-order valence-corrected chi connectivity index (χ3v) is 8.28. The van der Waals surface area contributed by atoms with Crippen molar-refractivity contribution in [1.29, 1.82) is 5.26 Å². The van der Waals surface area contributed by atoms with Crippen LogP contribution < -0.4 is 15.8 Å². The molecule has 0 aromatic heterocycles. The van der Waals surface area contributed by atoms with Gasteiger partial charge in [0.25, 0.3) is 0 Å². The molecular formula is C27H32Br2N6O2. The van der Waals surface area contributed by atoms with Crippen LogP contribution in [0.4, 0.5) is 5.69 Å². The molecule has 2 aliphatic heterocycles. The molecule has 2 aromatic rings. The van der Waals surface area contributed by atoms with Crippen LogP contribution in [0.5, 0.6) is 5.75 Å². The van der Waals surface area contributed by atoms with Crippen molar-refractivity contribution >= 4 is 49.5 Å². The van der Waals surface area contributed by atoms with Gasteiger partial charge in [0.2, 0.25) is 12.1 Å². The topological polar surface area (TPSA) is 107 Å². The number of nitrogens with one attached hydrogen (secondary N) is 1. The monoisotopic (exact) mass is 630 g/mol. The van der Waals surface area contributed by atoms with E-state index in [0.29, 0.717) is 37.0 Å². The number of nitrogens with two attached hydrogens (primary N) is 1. The van der Waals surface area contributed by atoms with E-state index < -0.39 is 6.04 Å². The number of piperidine rings is 2. The van der Waals surface area contributed by atoms with E-state index in [1.165, 1.54) is 19.3 Å². The number of para-hydroxylation sites is 1. The van der Waals surface area contributed by atoms with Crippen LogP contribution in [0.1, 0.15) is 37.7 Å². The van der Waals surface area contributed by atoms with Crippen molar-refractivity contribution in [3.05, 3.63) is 57.0 Å². The SMILES string of the molecule is N#C/N=C(\N[C@H](Cc1cc(Br)c(N)c(Br)c1)C(=O)N1CCC(N2CCCCC2)CC1)Oc1ccccc1. The number of carbonyl (C=O) groups is 1. The summed E-state index contributed by atoms with van der Waals surface area (Å²) in [5.74, 6) is 0.485. The van der Waals surface area contributed by atoms with Gasteiger partial charge in [-0.3, -0.25) is 4.79 Å². The summed E-state index contributed by atoms with van der Waals surface area (Å²) in [5, 5.41) is 12.4. The first-order valence-electron chi connectivity index (χ1n) is 12.7. The zero-order valence-corrected chi connectivity index (χ0v) is 23.9. The molecule has 0 spiro atoms. The van der Waals surface area contributed by atoms with Crippen LogP contribution in [0.3, 0.4) is 0 Å². The summed E-state index contributed by atoms with van der Waals surface area (Å²) in [6, 6.07) is 12.7. The number of carbonyl (C=O) groups excluding carboxylic acids is 1. The summed E-state index contributed by atoms with van der Waals surface area (Å²) in [6.07, 6.45) is 7.93. The van der Waals surface area contributed by atoms with Crippen molar-refractivity contribution < 1.29 is 9.53 Å². The number of anilines is 1. The largest absolute Gasteiger partial charge is 0.425 e. The summed E-state index contributed by atoms with van der Waals surface area (Å²) >= 11 is 7.00. The minimum absolute atomic E-state index is 0.0103. The minimum atomic E-state index is -0.676. The Kier molecular flexibility index (Phi) is 9.83. The summed E-state index contributed by atoms with van der Waals surface area (Å²) in [6.45, 7) is 3.73. The van der Waals surface area contributed by atoms with Crippen LogP contribution in [-0.2, 0) is 11.2 Å². The molecule has 0 unspecified atom stereocenters. The smallest absolute Gasteiger partial charge is 0.306 e. The van der Waals surface area contributed by atoms with Crippen molar-refractivity contribution in [2.24, 2.45) is 4.99 Å². The van der Waals surface area contributed by atoms with E-state index in [1.807, 2.05) is 35.2 Å². The number of hydrogen-bond donors (Lipinski definition) is 2. The molecule has 0 bridgehead atoms. The second kappa shape index (κ2) is 13.3. The quantitative estimate of drug-likeness (QED) is 0.207. The molecule has 3 N–H and O–H groups in total. The Morgan fingerprint density at radius 2 is 1.76 bits per heavy atom. The number of rotatable bonds is 6. The first kappa shape index (κ1) is 27.4. The lowest BCUT2D eigenvalue weighted by atomic mass is 9.98. The molecule has 2 aliphatic rings. The maximum absolute atomic E-state index is 13.8. The molecule has 37 heavy (non-hydrogen) atoms. The number of benzene rings is 2. The third-order valence-electron chi connectivity index (χ3n) is 6.97. The summed E-state index contributed by atoms with van der Waals surface area (Å²) in [5.41, 5.74) is 7.57. The van der Waals surface area contributed by atoms with Gasteiger partial charge in [0.1, 0.15) is 11.8 Å². The first-order chi connectivity index (χ1) is 17.9. The molecule has 4 rings (SSSR count). The van der Waals surface area contributed by atoms with Crippen molar-refractivity contribution in [2.75, 3.05) is 31.9 Å². The van der Waals surface area contributed by atoms with Gasteiger partial charge in [-0.15, -0.1) is 4.99 Å². The number of nitrogens with zero attached hydrogens (tertiary/aromatic N) is 4. The van der Waals surface area contributed by atoms with Crippen molar-refractivity contribution in [3.63, 3.8) is 0 Å². The lowest BCUT2D eigenvalue weighted by Gasteiger charge is -2.41. The molecule has 8 nitrogen and oxygen atoms in total. The number of nitriles is 1. The van der Waals surface area contributed by atoms with Crippen molar-refractivity contribution in [2.45, 2.75) is 50.6 Å². The zero-order valence-electron chi connectivity index (χ0n) is 20.7. The average molecular weight is 632 g/mol. The number of amides is 1. The molecule has 1 amide bonds. The molecule has 1 atom stereocenters. The van der Waals surface area contributed by atoms with Crippen molar-refractivity contribution in [3.8, 4) is 11.9 Å². The fourth-order valence-corrected chi connectivity index (χ4v) is 6.31. The van der Waals surface area contributed by atoms with E-state index in [1.54, 1.807) is 18.3 Å². The van der Waals surface area contributed by atoms with Crippen LogP contribution >= 0.6 is 31.9 Å². The van der Waals surface area contributed by atoms with E-state index in [9.17, 15) is 10.1 Å². The molecule has 2 aromatic carbocycles. The Morgan fingerprint density at radius 3 is 2.38 bits per heavy atom. The molecule has 0 radical (unpaired) electrons. The van der Waals surface area contributed by atoms with Gasteiger partial charge in [0.15, 0.2) is 0 Å². The number of aliphatic imine (C=N–C) groups is 1. The van der Waals surface area contributed by atoms with Gasteiger partial charge in [-0.05, 0) is 100 Å². The number of nitrogen functional groups attached to an aromatic ring is 1. The number of amidine groups is 1. The number of likely N-dealkylation sites (tertiary alicyclic amines) is 2. The Bertz CT molecular complexity index is 1120. The number of halogens is 2. The number of ether oxygens (including phenoxy) is 1.